The minimum atomic E-state index is -0.0289. The zero-order valence-corrected chi connectivity index (χ0v) is 20.8. The van der Waals surface area contributed by atoms with Crippen molar-refractivity contribution in [2.45, 2.75) is 72.3 Å². The average Bonchev–Trinajstić information content (AvgIpc) is 2.79. The molecule has 5 heteroatoms. The fourth-order valence-electron chi connectivity index (χ4n) is 3.58. The predicted molar refractivity (Wildman–Crippen MR) is 129 cm³/mol. The minimum Gasteiger partial charge on any atom is -0.687 e. The molecule has 4 rings (SSSR count). The Kier molecular flexibility index (Phi) is 17.6. The van der Waals surface area contributed by atoms with Crippen molar-refractivity contribution < 1.29 is 27.0 Å². The number of piperidine rings is 1. The van der Waals surface area contributed by atoms with Crippen LogP contribution in [0.4, 0.5) is 0 Å². The van der Waals surface area contributed by atoms with Crippen molar-refractivity contribution in [1.82, 2.24) is 0 Å². The number of allylic oxidation sites excluding steroid dienone is 2. The van der Waals surface area contributed by atoms with E-state index in [0.29, 0.717) is 17.6 Å². The standard InChI is InChI=1S/C8H16O.C8H10O.C5H10N.C5H6N.Co/c2*1-6-4-3-5-7(2)8(6)9;2*1-2-4-6-5-3-1;/h6-9H,3-5H2,1-2H3;3-5,9H,1-2H3;1-5H2;1-4H,5H2;/q;;2*-1;+2. The number of phenolic OH excluding ortho intramolecular Hbond substituents is 1. The van der Waals surface area contributed by atoms with Crippen LogP contribution in [0.3, 0.4) is 0 Å². The molecule has 2 unspecified atom stereocenters. The minimum absolute atomic E-state index is 0. The molecule has 1 aromatic rings. The first-order valence-electron chi connectivity index (χ1n) is 11.5. The smallest absolute Gasteiger partial charge is 0.687 e. The van der Waals surface area contributed by atoms with Crippen LogP contribution >= 0.6 is 0 Å². The fraction of sp³-hybridized carbons (Fsp3) is 0.615. The van der Waals surface area contributed by atoms with Gasteiger partial charge in [0.15, 0.2) is 0 Å². The molecule has 2 fully saturated rings. The third-order valence-electron chi connectivity index (χ3n) is 5.71. The summed E-state index contributed by atoms with van der Waals surface area (Å²) in [4.78, 5) is 0. The zero-order chi connectivity index (χ0) is 22.2. The largest absolute Gasteiger partial charge is 2.00 e. The van der Waals surface area contributed by atoms with E-state index in [9.17, 15) is 10.2 Å². The fourth-order valence-corrected chi connectivity index (χ4v) is 3.58. The Morgan fingerprint density at radius 2 is 1.45 bits per heavy atom. The molecule has 2 atom stereocenters. The Morgan fingerprint density at radius 1 is 0.871 bits per heavy atom. The van der Waals surface area contributed by atoms with Crippen LogP contribution in [0.25, 0.3) is 10.6 Å². The van der Waals surface area contributed by atoms with Crippen molar-refractivity contribution in [3.05, 3.63) is 64.4 Å². The van der Waals surface area contributed by atoms with Crippen molar-refractivity contribution >= 4 is 0 Å². The van der Waals surface area contributed by atoms with Gasteiger partial charge in [-0.1, -0.05) is 69.9 Å². The van der Waals surface area contributed by atoms with Crippen LogP contribution in [0.5, 0.6) is 5.75 Å². The molecule has 1 radical (unpaired) electrons. The number of aliphatic hydroxyl groups is 1. The number of hydrogen-bond acceptors (Lipinski definition) is 2. The maximum Gasteiger partial charge on any atom is 2.00 e. The van der Waals surface area contributed by atoms with Gasteiger partial charge in [0.05, 0.1) is 6.10 Å². The summed E-state index contributed by atoms with van der Waals surface area (Å²) in [5.41, 5.74) is 1.88. The molecule has 3 aliphatic rings. The van der Waals surface area contributed by atoms with E-state index in [1.165, 1.54) is 38.5 Å². The normalized spacial score (nSPS) is 23.8. The molecule has 2 aliphatic heterocycles. The first kappa shape index (κ1) is 29.7. The molecule has 1 saturated heterocycles. The van der Waals surface area contributed by atoms with Gasteiger partial charge in [-0.05, 0) is 49.7 Å². The van der Waals surface area contributed by atoms with Gasteiger partial charge >= 0.3 is 16.8 Å². The summed E-state index contributed by atoms with van der Waals surface area (Å²) >= 11 is 0. The van der Waals surface area contributed by atoms with E-state index >= 15 is 0 Å². The van der Waals surface area contributed by atoms with Crippen molar-refractivity contribution in [2.75, 3.05) is 19.6 Å². The number of aliphatic hydroxyl groups excluding tert-OH is 1. The molecule has 1 aromatic carbocycles. The van der Waals surface area contributed by atoms with Gasteiger partial charge in [0.25, 0.3) is 0 Å². The quantitative estimate of drug-likeness (QED) is 0.435. The van der Waals surface area contributed by atoms with Gasteiger partial charge in [0.1, 0.15) is 5.75 Å². The Balaban J connectivity index is 0.000000389. The monoisotopic (exact) mass is 473 g/mol. The van der Waals surface area contributed by atoms with Crippen LogP contribution in [-0.4, -0.2) is 36.0 Å². The maximum absolute atomic E-state index is 9.45. The van der Waals surface area contributed by atoms with Crippen LogP contribution in [0.2, 0.25) is 0 Å². The van der Waals surface area contributed by atoms with Crippen LogP contribution in [0.15, 0.2) is 42.6 Å². The van der Waals surface area contributed by atoms with Crippen LogP contribution in [0, 0.1) is 25.7 Å². The van der Waals surface area contributed by atoms with E-state index in [-0.39, 0.29) is 22.9 Å². The summed E-state index contributed by atoms with van der Waals surface area (Å²) in [6.45, 7) is 11.2. The molecular formula is C26H42CoN2O2. The van der Waals surface area contributed by atoms with Crippen LogP contribution < -0.4 is 0 Å². The van der Waals surface area contributed by atoms with Crippen molar-refractivity contribution in [3.8, 4) is 5.75 Å². The van der Waals surface area contributed by atoms with Crippen molar-refractivity contribution in [2.24, 2.45) is 11.8 Å². The van der Waals surface area contributed by atoms with Gasteiger partial charge in [-0.25, -0.2) is 0 Å². The summed E-state index contributed by atoms with van der Waals surface area (Å²) in [6.07, 6.45) is 15.5. The van der Waals surface area contributed by atoms with Crippen LogP contribution in [-0.2, 0) is 16.8 Å². The van der Waals surface area contributed by atoms with E-state index in [1.807, 2.05) is 50.3 Å². The Morgan fingerprint density at radius 3 is 1.71 bits per heavy atom. The van der Waals surface area contributed by atoms with Crippen LogP contribution in [0.1, 0.15) is 63.5 Å². The molecule has 0 amide bonds. The summed E-state index contributed by atoms with van der Waals surface area (Å²) < 4.78 is 0. The molecule has 31 heavy (non-hydrogen) atoms. The maximum atomic E-state index is 9.45. The number of aryl methyl sites for hydroxylation is 2. The second-order valence-corrected chi connectivity index (χ2v) is 8.48. The topological polar surface area (TPSA) is 68.7 Å². The molecule has 1 saturated carbocycles. The molecule has 177 valence electrons. The first-order valence-corrected chi connectivity index (χ1v) is 11.5. The third-order valence-corrected chi connectivity index (χ3v) is 5.71. The molecule has 2 N–H and O–H groups in total. The van der Waals surface area contributed by atoms with E-state index < -0.39 is 0 Å². The van der Waals surface area contributed by atoms with E-state index in [0.717, 1.165) is 30.8 Å². The van der Waals surface area contributed by atoms with Gasteiger partial charge in [0.2, 0.25) is 0 Å². The van der Waals surface area contributed by atoms with Gasteiger partial charge < -0.3 is 20.8 Å². The van der Waals surface area contributed by atoms with Crippen molar-refractivity contribution in [1.29, 1.82) is 0 Å². The first-order chi connectivity index (χ1) is 14.4. The zero-order valence-electron chi connectivity index (χ0n) is 19.8. The number of para-hydroxylation sites is 1. The molecule has 0 bridgehead atoms. The van der Waals surface area contributed by atoms with Gasteiger partial charge in [-0.2, -0.15) is 6.20 Å². The summed E-state index contributed by atoms with van der Waals surface area (Å²) in [7, 11) is 0. The molecule has 1 aliphatic carbocycles. The number of hydrogen-bond donors (Lipinski definition) is 2. The Bertz CT molecular complexity index is 576. The number of phenols is 1. The van der Waals surface area contributed by atoms with Gasteiger partial charge in [0, 0.05) is 0 Å². The number of nitrogens with zero attached hydrogens (tertiary/aromatic N) is 2. The molecule has 0 aromatic heterocycles. The molecule has 4 nitrogen and oxygen atoms in total. The van der Waals surface area contributed by atoms with Gasteiger partial charge in [-0.3, -0.25) is 0 Å². The van der Waals surface area contributed by atoms with E-state index in [2.05, 4.69) is 24.5 Å². The Hall–Kier alpha value is -1.27. The predicted octanol–water partition coefficient (Wildman–Crippen LogP) is 6.80. The van der Waals surface area contributed by atoms with E-state index in [1.54, 1.807) is 6.20 Å². The molecule has 0 spiro atoms. The number of aromatic hydroxyl groups is 1. The van der Waals surface area contributed by atoms with Crippen molar-refractivity contribution in [3.63, 3.8) is 0 Å². The second-order valence-electron chi connectivity index (χ2n) is 8.48. The van der Waals surface area contributed by atoms with E-state index in [4.69, 9.17) is 0 Å². The summed E-state index contributed by atoms with van der Waals surface area (Å²) in [6, 6.07) is 5.72. The van der Waals surface area contributed by atoms with Gasteiger partial charge in [-0.15, -0.1) is 25.7 Å². The molecule has 2 heterocycles. The average molecular weight is 474 g/mol. The molecular weight excluding hydrogens is 431 g/mol. The number of rotatable bonds is 0. The number of benzene rings is 1. The third kappa shape index (κ3) is 13.7. The Labute approximate surface area is 200 Å². The second kappa shape index (κ2) is 18.3. The summed E-state index contributed by atoms with van der Waals surface area (Å²) in [5.74, 6) is 1.49. The summed E-state index contributed by atoms with van der Waals surface area (Å²) in [5, 5.41) is 26.7. The SMILES string of the molecule is C1=CC[N-]C=C1.C1CC[N-]CC1.CC1CCCC(C)C1O.Cc1cccc(C)c1O.[Co+2].